The monoisotopic (exact) mass is 269 g/mol. The Kier molecular flexibility index (Phi) is 16.0. The summed E-state index contributed by atoms with van der Waals surface area (Å²) in [7, 11) is 0. The minimum Gasteiger partial charge on any atom is -0.233 e. The third kappa shape index (κ3) is 15.9. The first-order valence-electron chi connectivity index (χ1n) is 8.97. The second-order valence-electron chi connectivity index (χ2n) is 6.09. The highest BCUT2D eigenvalue weighted by molar-refractivity contribution is 4.57. The molecule has 0 rings (SSSR count). The van der Waals surface area contributed by atoms with Crippen molar-refractivity contribution in [2.24, 2.45) is 0 Å². The Morgan fingerprint density at radius 1 is 0.526 bits per heavy atom. The number of hydrogen-bond donors (Lipinski definition) is 0. The zero-order valence-electron chi connectivity index (χ0n) is 13.6. The van der Waals surface area contributed by atoms with Gasteiger partial charge in [0.1, 0.15) is 0 Å². The number of hydrogen-bond acceptors (Lipinski definition) is 0. The summed E-state index contributed by atoms with van der Waals surface area (Å²) in [5, 5.41) is 11.7. The minimum absolute atomic E-state index is 0.276. The van der Waals surface area contributed by atoms with Crippen molar-refractivity contribution in [1.82, 2.24) is 0 Å². The van der Waals surface area contributed by atoms with Gasteiger partial charge in [0.25, 0.3) is 0 Å². The van der Waals surface area contributed by atoms with E-state index in [1.807, 2.05) is 0 Å². The third-order valence-corrected chi connectivity index (χ3v) is 4.01. The summed E-state index contributed by atoms with van der Waals surface area (Å²) in [6.07, 6.45) is 18.7. The average Bonchev–Trinajstić information content (AvgIpc) is 2.42. The summed E-state index contributed by atoms with van der Waals surface area (Å²) in [6.45, 7) is 4.48. The maximum Gasteiger partial charge on any atom is 0.0930 e. The molecule has 115 valence electrons. The summed E-state index contributed by atoms with van der Waals surface area (Å²) in [5.41, 5.74) is 0. The molecule has 0 saturated carbocycles. The van der Waals surface area contributed by atoms with E-state index in [4.69, 9.17) is 0 Å². The SMILES string of the molecule is CCCCCCCCCCCC([O])CCCCCC. The van der Waals surface area contributed by atoms with Gasteiger partial charge in [-0.15, -0.1) is 0 Å². The molecule has 19 heavy (non-hydrogen) atoms. The summed E-state index contributed by atoms with van der Waals surface area (Å²) >= 11 is 0. The van der Waals surface area contributed by atoms with Gasteiger partial charge in [0, 0.05) is 0 Å². The summed E-state index contributed by atoms with van der Waals surface area (Å²) < 4.78 is 0. The van der Waals surface area contributed by atoms with E-state index in [-0.39, 0.29) is 6.10 Å². The standard InChI is InChI=1S/C18H37O/c1-3-5-7-9-10-11-12-13-15-17-18(19)16-14-8-6-4-2/h18H,3-17H2,1-2H3. The highest BCUT2D eigenvalue weighted by Gasteiger charge is 2.05. The fourth-order valence-electron chi connectivity index (χ4n) is 2.63. The van der Waals surface area contributed by atoms with Gasteiger partial charge in [0.2, 0.25) is 0 Å². The largest absolute Gasteiger partial charge is 0.233 e. The molecule has 0 aromatic rings. The molecule has 0 aliphatic rings. The van der Waals surface area contributed by atoms with Crippen molar-refractivity contribution in [3.63, 3.8) is 0 Å². The molecular weight excluding hydrogens is 232 g/mol. The molecule has 0 aliphatic carbocycles. The fourth-order valence-corrected chi connectivity index (χ4v) is 2.63. The molecule has 0 saturated heterocycles. The van der Waals surface area contributed by atoms with Crippen molar-refractivity contribution in [3.8, 4) is 0 Å². The molecule has 0 amide bonds. The second kappa shape index (κ2) is 16.0. The van der Waals surface area contributed by atoms with Gasteiger partial charge in [-0.1, -0.05) is 97.3 Å². The van der Waals surface area contributed by atoms with Crippen LogP contribution in [0.1, 0.15) is 110 Å². The van der Waals surface area contributed by atoms with Crippen molar-refractivity contribution < 1.29 is 5.11 Å². The molecule has 0 fully saturated rings. The lowest BCUT2D eigenvalue weighted by Gasteiger charge is -2.08. The lowest BCUT2D eigenvalue weighted by molar-refractivity contribution is 0.0689. The summed E-state index contributed by atoms with van der Waals surface area (Å²) in [4.78, 5) is 0. The van der Waals surface area contributed by atoms with Crippen LogP contribution in [0.25, 0.3) is 0 Å². The van der Waals surface area contributed by atoms with Crippen LogP contribution in [-0.2, 0) is 5.11 Å². The van der Waals surface area contributed by atoms with Crippen LogP contribution in [0.15, 0.2) is 0 Å². The van der Waals surface area contributed by atoms with Crippen LogP contribution in [0.4, 0.5) is 0 Å². The first-order valence-corrected chi connectivity index (χ1v) is 8.97. The van der Waals surface area contributed by atoms with Gasteiger partial charge in [0.15, 0.2) is 0 Å². The first kappa shape index (κ1) is 19.0. The van der Waals surface area contributed by atoms with Crippen molar-refractivity contribution in [3.05, 3.63) is 0 Å². The number of unbranched alkanes of at least 4 members (excludes halogenated alkanes) is 11. The van der Waals surface area contributed by atoms with Crippen molar-refractivity contribution in [2.75, 3.05) is 0 Å². The molecule has 1 atom stereocenters. The van der Waals surface area contributed by atoms with E-state index in [0.717, 1.165) is 25.7 Å². The topological polar surface area (TPSA) is 19.9 Å². The maximum atomic E-state index is 11.7. The van der Waals surface area contributed by atoms with Crippen LogP contribution < -0.4 is 0 Å². The molecule has 0 aromatic heterocycles. The lowest BCUT2D eigenvalue weighted by Crippen LogP contribution is -2.04. The van der Waals surface area contributed by atoms with Crippen LogP contribution in [0.3, 0.4) is 0 Å². The average molecular weight is 269 g/mol. The molecule has 0 spiro atoms. The van der Waals surface area contributed by atoms with Gasteiger partial charge in [-0.25, -0.2) is 5.11 Å². The van der Waals surface area contributed by atoms with E-state index in [9.17, 15) is 5.11 Å². The highest BCUT2D eigenvalue weighted by atomic mass is 16.3. The molecule has 1 radical (unpaired) electrons. The zero-order chi connectivity index (χ0) is 14.2. The Morgan fingerprint density at radius 2 is 0.842 bits per heavy atom. The van der Waals surface area contributed by atoms with E-state index < -0.39 is 0 Å². The zero-order valence-corrected chi connectivity index (χ0v) is 13.6. The predicted molar refractivity (Wildman–Crippen MR) is 85.1 cm³/mol. The summed E-state index contributed by atoms with van der Waals surface area (Å²) in [5.74, 6) is 0. The molecule has 1 heteroatoms. The van der Waals surface area contributed by atoms with Crippen molar-refractivity contribution in [2.45, 2.75) is 116 Å². The van der Waals surface area contributed by atoms with Crippen LogP contribution in [0.2, 0.25) is 0 Å². The maximum absolute atomic E-state index is 11.7. The van der Waals surface area contributed by atoms with Crippen LogP contribution in [0.5, 0.6) is 0 Å². The first-order chi connectivity index (χ1) is 9.31. The summed E-state index contributed by atoms with van der Waals surface area (Å²) in [6, 6.07) is 0. The number of rotatable bonds is 15. The predicted octanol–water partition coefficient (Wildman–Crippen LogP) is 6.68. The Labute approximate surface area is 122 Å². The third-order valence-electron chi connectivity index (χ3n) is 4.01. The van der Waals surface area contributed by atoms with Crippen molar-refractivity contribution in [1.29, 1.82) is 0 Å². The Bertz CT molecular complexity index is 156. The molecule has 1 unspecified atom stereocenters. The van der Waals surface area contributed by atoms with E-state index in [1.165, 1.54) is 70.6 Å². The van der Waals surface area contributed by atoms with E-state index in [0.29, 0.717) is 0 Å². The molecule has 0 aromatic carbocycles. The van der Waals surface area contributed by atoms with Crippen LogP contribution in [-0.4, -0.2) is 6.10 Å². The van der Waals surface area contributed by atoms with Crippen LogP contribution >= 0.6 is 0 Å². The van der Waals surface area contributed by atoms with Gasteiger partial charge in [0.05, 0.1) is 6.10 Å². The molecular formula is C18H37O. The van der Waals surface area contributed by atoms with Gasteiger partial charge in [-0.3, -0.25) is 0 Å². The van der Waals surface area contributed by atoms with Gasteiger partial charge < -0.3 is 0 Å². The van der Waals surface area contributed by atoms with E-state index >= 15 is 0 Å². The lowest BCUT2D eigenvalue weighted by atomic mass is 10.0. The van der Waals surface area contributed by atoms with E-state index in [2.05, 4.69) is 13.8 Å². The van der Waals surface area contributed by atoms with Gasteiger partial charge in [-0.2, -0.15) is 0 Å². The van der Waals surface area contributed by atoms with Crippen molar-refractivity contribution >= 4 is 0 Å². The highest BCUT2D eigenvalue weighted by Crippen LogP contribution is 2.14. The second-order valence-corrected chi connectivity index (χ2v) is 6.09. The Hall–Kier alpha value is -0.0400. The smallest absolute Gasteiger partial charge is 0.0930 e. The quantitative estimate of drug-likeness (QED) is 0.296. The van der Waals surface area contributed by atoms with E-state index in [1.54, 1.807) is 0 Å². The molecule has 1 nitrogen and oxygen atoms in total. The molecule has 0 bridgehead atoms. The van der Waals surface area contributed by atoms with Gasteiger partial charge >= 0.3 is 0 Å². The normalized spacial score (nSPS) is 12.8. The fraction of sp³-hybridized carbons (Fsp3) is 1.00. The minimum atomic E-state index is -0.276. The van der Waals surface area contributed by atoms with Gasteiger partial charge in [-0.05, 0) is 12.8 Å². The molecule has 0 heterocycles. The Morgan fingerprint density at radius 3 is 1.26 bits per heavy atom. The molecule has 0 aliphatic heterocycles. The van der Waals surface area contributed by atoms with Crippen LogP contribution in [0, 0.1) is 0 Å². The Balaban J connectivity index is 3.07. The molecule has 0 N–H and O–H groups in total.